The van der Waals surface area contributed by atoms with Gasteiger partial charge in [0.1, 0.15) is 59.5 Å². The minimum Gasteiger partial charge on any atom is -0.508 e. The number of fused-ring (bicyclic) bond motifs is 2. The molecule has 0 aliphatic carbocycles. The molecule has 0 saturated carbocycles. The SMILES string of the molecule is CC(C)C[C@H](NC(=O)[C@H](Cc1ccc(O)cc1)NC(=O)[C@H](CC(C)C)NC(=O)[C@H](Cc1c[nH]c2ccccc12)NC(=O)[C@H](Cc1ccc(O)cc1)NC(=O)[C@@H](N)CC(C)C)C(=O)N[C@@H](Cc1ccc(O)cc1)C(=O)N[C@@H](Cc1c[nH]c2ccccc12)C(=O)O. The van der Waals surface area contributed by atoms with Gasteiger partial charge in [0.05, 0.1) is 6.04 Å². The maximum absolute atomic E-state index is 15.0. The molecule has 0 spiro atoms. The van der Waals surface area contributed by atoms with E-state index in [0.29, 0.717) is 34.2 Å². The Balaban J connectivity index is 1.15. The Bertz CT molecular complexity index is 3560. The summed E-state index contributed by atoms with van der Waals surface area (Å²) in [5.41, 5.74) is 10.7. The Kier molecular flexibility index (Phi) is 23.5. The summed E-state index contributed by atoms with van der Waals surface area (Å²) in [5, 5.41) is 61.7. The van der Waals surface area contributed by atoms with E-state index in [1.54, 1.807) is 48.8 Å². The van der Waals surface area contributed by atoms with E-state index >= 15 is 0 Å². The number of carboxylic acid groups (broad SMARTS) is 1. The van der Waals surface area contributed by atoms with Gasteiger partial charge in [0.2, 0.25) is 41.4 Å². The second kappa shape index (κ2) is 31.3. The Hall–Kier alpha value is -9.70. The molecule has 15 N–H and O–H groups in total. The first-order valence-corrected chi connectivity index (χ1v) is 29.9. The number of aliphatic carboxylic acids is 1. The zero-order valence-electron chi connectivity index (χ0n) is 50.8. The number of para-hydroxylation sites is 2. The molecule has 0 aliphatic heterocycles. The summed E-state index contributed by atoms with van der Waals surface area (Å²) in [6.45, 7) is 11.1. The highest BCUT2D eigenvalue weighted by atomic mass is 16.4. The standard InChI is InChI=1S/C67H82N10O12/c1-37(2)27-50(68)60(81)71-55(30-40-15-21-45(78)22-16-40)63(84)76-58(33-43-35-69-51-13-9-7-11-48(43)51)66(87)73-54(29-39(5)6)62(83)74-56(31-41-17-23-46(79)24-18-41)64(85)72-53(28-38(3)4)61(82)75-57(32-42-19-25-47(80)26-20-42)65(86)77-59(67(88)89)34-44-36-70-52-14-10-8-12-49(44)52/h7-26,35-39,50,53-59,69-70,78-80H,27-34,68H2,1-6H3,(H,71,81)(H,72,85)(H,73,87)(H,74,83)(H,75,82)(H,76,84)(H,77,86)(H,88,89)/t50-,53-,54-,55-,56-,57-,58-,59-/m0/s1. The highest BCUT2D eigenvalue weighted by Crippen LogP contribution is 2.23. The van der Waals surface area contributed by atoms with E-state index in [4.69, 9.17) is 5.73 Å². The molecule has 7 amide bonds. The monoisotopic (exact) mass is 1220 g/mol. The third-order valence-corrected chi connectivity index (χ3v) is 15.2. The lowest BCUT2D eigenvalue weighted by atomic mass is 9.98. The van der Waals surface area contributed by atoms with Crippen LogP contribution in [0.3, 0.4) is 0 Å². The van der Waals surface area contributed by atoms with Crippen LogP contribution in [0.1, 0.15) is 88.6 Å². The van der Waals surface area contributed by atoms with E-state index in [1.165, 1.54) is 36.4 Å². The van der Waals surface area contributed by atoms with Crippen LogP contribution in [0.5, 0.6) is 17.2 Å². The van der Waals surface area contributed by atoms with Gasteiger partial charge in [0.25, 0.3) is 0 Å². The van der Waals surface area contributed by atoms with Crippen LogP contribution < -0.4 is 43.0 Å². The van der Waals surface area contributed by atoms with Crippen molar-refractivity contribution in [2.24, 2.45) is 23.5 Å². The number of nitrogens with one attached hydrogen (secondary N) is 9. The van der Waals surface area contributed by atoms with Gasteiger partial charge < -0.3 is 73.3 Å². The molecule has 89 heavy (non-hydrogen) atoms. The van der Waals surface area contributed by atoms with Gasteiger partial charge in [-0.15, -0.1) is 0 Å². The molecular weight excluding hydrogens is 1140 g/mol. The first-order chi connectivity index (χ1) is 42.4. The van der Waals surface area contributed by atoms with Crippen molar-refractivity contribution in [2.75, 3.05) is 0 Å². The molecule has 0 aliphatic rings. The van der Waals surface area contributed by atoms with E-state index in [1.807, 2.05) is 90.1 Å². The first kappa shape index (κ1) is 66.8. The molecule has 0 unspecified atom stereocenters. The molecule has 22 nitrogen and oxygen atoms in total. The van der Waals surface area contributed by atoms with Gasteiger partial charge in [0.15, 0.2) is 0 Å². The maximum Gasteiger partial charge on any atom is 0.326 e. The lowest BCUT2D eigenvalue weighted by Crippen LogP contribution is -2.61. The van der Waals surface area contributed by atoms with E-state index < -0.39 is 95.7 Å². The number of carboxylic acids is 1. The van der Waals surface area contributed by atoms with Gasteiger partial charge >= 0.3 is 5.97 Å². The number of benzene rings is 5. The van der Waals surface area contributed by atoms with Crippen molar-refractivity contribution in [1.29, 1.82) is 0 Å². The fourth-order valence-electron chi connectivity index (χ4n) is 10.6. The number of hydrogen-bond donors (Lipinski definition) is 14. The average molecular weight is 1220 g/mol. The van der Waals surface area contributed by atoms with Gasteiger partial charge in [-0.25, -0.2) is 4.79 Å². The highest BCUT2D eigenvalue weighted by molar-refractivity contribution is 5.98. The van der Waals surface area contributed by atoms with Crippen LogP contribution in [-0.2, 0) is 70.5 Å². The molecule has 0 bridgehead atoms. The van der Waals surface area contributed by atoms with Crippen LogP contribution in [0.15, 0.2) is 134 Å². The summed E-state index contributed by atoms with van der Waals surface area (Å²) in [4.78, 5) is 121. The van der Waals surface area contributed by atoms with Gasteiger partial charge in [0, 0.05) is 66.3 Å². The number of carbonyl (C=O) groups is 8. The number of phenolic OH excluding ortho intramolecular Hbond substituents is 3. The summed E-state index contributed by atoms with van der Waals surface area (Å²) in [7, 11) is 0. The lowest BCUT2D eigenvalue weighted by Gasteiger charge is -2.29. The number of H-pyrrole nitrogens is 2. The first-order valence-electron chi connectivity index (χ1n) is 29.9. The summed E-state index contributed by atoms with van der Waals surface area (Å²) >= 11 is 0. The number of aromatic amines is 2. The minimum absolute atomic E-state index is 0.0116. The molecule has 0 fully saturated rings. The van der Waals surface area contributed by atoms with Crippen molar-refractivity contribution in [3.63, 3.8) is 0 Å². The smallest absolute Gasteiger partial charge is 0.326 e. The zero-order chi connectivity index (χ0) is 64.5. The predicted octanol–water partition coefficient (Wildman–Crippen LogP) is 5.22. The topological polar surface area (TPSA) is 359 Å². The summed E-state index contributed by atoms with van der Waals surface area (Å²) < 4.78 is 0. The summed E-state index contributed by atoms with van der Waals surface area (Å²) in [6.07, 6.45) is 3.21. The molecule has 472 valence electrons. The molecule has 8 atom stereocenters. The molecule has 2 heterocycles. The second-order valence-corrected chi connectivity index (χ2v) is 24.0. The van der Waals surface area contributed by atoms with Crippen LogP contribution >= 0.6 is 0 Å². The van der Waals surface area contributed by atoms with Gasteiger partial charge in [-0.2, -0.15) is 0 Å². The van der Waals surface area contributed by atoms with Crippen LogP contribution in [0, 0.1) is 17.8 Å². The van der Waals surface area contributed by atoms with Crippen LogP contribution in [0.4, 0.5) is 0 Å². The van der Waals surface area contributed by atoms with Crippen molar-refractivity contribution in [3.8, 4) is 17.2 Å². The maximum atomic E-state index is 15.0. The average Bonchev–Trinajstić information content (AvgIpc) is 4.15. The fraction of sp³-hybridized carbons (Fsp3) is 0.373. The van der Waals surface area contributed by atoms with Gasteiger partial charge in [-0.1, -0.05) is 114 Å². The van der Waals surface area contributed by atoms with E-state index in [-0.39, 0.29) is 79.9 Å². The third-order valence-electron chi connectivity index (χ3n) is 15.2. The molecule has 7 rings (SSSR count). The van der Waals surface area contributed by atoms with E-state index in [2.05, 4.69) is 47.2 Å². The Morgan fingerprint density at radius 3 is 0.989 bits per heavy atom. The highest BCUT2D eigenvalue weighted by Gasteiger charge is 2.36. The normalized spacial score (nSPS) is 14.2. The van der Waals surface area contributed by atoms with Crippen LogP contribution in [0.2, 0.25) is 0 Å². The molecule has 2 aromatic heterocycles. The Morgan fingerprint density at radius 1 is 0.371 bits per heavy atom. The number of nitrogens with two attached hydrogens (primary N) is 1. The molecule has 0 saturated heterocycles. The molecule has 7 aromatic rings. The minimum atomic E-state index is -1.44. The Labute approximate surface area is 516 Å². The number of carbonyl (C=O) groups excluding carboxylic acids is 7. The fourth-order valence-corrected chi connectivity index (χ4v) is 10.6. The van der Waals surface area contributed by atoms with Gasteiger partial charge in [-0.3, -0.25) is 33.6 Å². The van der Waals surface area contributed by atoms with E-state index in [0.717, 1.165) is 21.8 Å². The number of rotatable bonds is 31. The largest absolute Gasteiger partial charge is 0.508 e. The van der Waals surface area contributed by atoms with Crippen molar-refractivity contribution in [3.05, 3.63) is 162 Å². The lowest BCUT2D eigenvalue weighted by molar-refractivity contribution is -0.142. The summed E-state index contributed by atoms with van der Waals surface area (Å²) in [6, 6.07) is 22.0. The predicted molar refractivity (Wildman–Crippen MR) is 337 cm³/mol. The van der Waals surface area contributed by atoms with Crippen molar-refractivity contribution < 1.29 is 58.8 Å². The number of aromatic nitrogens is 2. The molecule has 22 heteroatoms. The second-order valence-electron chi connectivity index (χ2n) is 24.0. The number of amides is 7. The third kappa shape index (κ3) is 19.7. The van der Waals surface area contributed by atoms with E-state index in [9.17, 15) is 58.8 Å². The molecular formula is C67H82N10O12. The van der Waals surface area contributed by atoms with Crippen LogP contribution in [0.25, 0.3) is 21.8 Å². The molecule has 0 radical (unpaired) electrons. The van der Waals surface area contributed by atoms with Crippen LogP contribution in [-0.4, -0.2) is 126 Å². The van der Waals surface area contributed by atoms with Crippen molar-refractivity contribution in [1.82, 2.24) is 47.2 Å². The number of aromatic hydroxyl groups is 3. The van der Waals surface area contributed by atoms with Gasteiger partial charge in [-0.05, 0) is 113 Å². The number of hydrogen-bond acceptors (Lipinski definition) is 12. The number of phenols is 3. The zero-order valence-corrected chi connectivity index (χ0v) is 50.8. The molecule has 5 aromatic carbocycles. The quantitative estimate of drug-likeness (QED) is 0.0265. The summed E-state index contributed by atoms with van der Waals surface area (Å²) in [5.74, 6) is -7.24. The van der Waals surface area contributed by atoms with Crippen molar-refractivity contribution >= 4 is 69.1 Å². The van der Waals surface area contributed by atoms with Crippen molar-refractivity contribution in [2.45, 2.75) is 141 Å². The Morgan fingerprint density at radius 2 is 0.652 bits per heavy atom.